The third-order valence-electron chi connectivity index (χ3n) is 3.40. The maximum atomic E-state index is 12.2. The molecule has 0 saturated carbocycles. The number of nitrogens with one attached hydrogen (secondary N) is 2. The molecule has 0 aliphatic carbocycles. The fourth-order valence-corrected chi connectivity index (χ4v) is 2.99. The molecule has 1 aromatic rings. The summed E-state index contributed by atoms with van der Waals surface area (Å²) in [6, 6.07) is 5.14. The van der Waals surface area contributed by atoms with Crippen molar-refractivity contribution >= 4 is 21.9 Å². The Morgan fingerprint density at radius 2 is 1.88 bits per heavy atom. The van der Waals surface area contributed by atoms with Gasteiger partial charge >= 0.3 is 5.97 Å². The first-order chi connectivity index (χ1) is 11.2. The number of hydrogen-bond donors (Lipinski definition) is 3. The molecular formula is C16H20N2O5S. The number of aliphatic carboxylic acids is 1. The number of rotatable bonds is 8. The van der Waals surface area contributed by atoms with Crippen LogP contribution in [-0.4, -0.2) is 37.5 Å². The van der Waals surface area contributed by atoms with Gasteiger partial charge < -0.3 is 10.4 Å². The van der Waals surface area contributed by atoms with E-state index in [2.05, 4.69) is 16.0 Å². The summed E-state index contributed by atoms with van der Waals surface area (Å²) < 4.78 is 26.0. The van der Waals surface area contributed by atoms with Gasteiger partial charge in [-0.1, -0.05) is 19.3 Å². The smallest absolute Gasteiger partial charge is 0.329 e. The maximum Gasteiger partial charge on any atom is 0.329 e. The van der Waals surface area contributed by atoms with Crippen molar-refractivity contribution in [3.8, 4) is 12.3 Å². The van der Waals surface area contributed by atoms with Gasteiger partial charge in [-0.2, -0.15) is 4.72 Å². The zero-order valence-corrected chi connectivity index (χ0v) is 14.3. The van der Waals surface area contributed by atoms with Gasteiger partial charge in [0.05, 0.1) is 11.4 Å². The standard InChI is InChI=1S/C16H20N2O5S/c1-4-10-16(3,15(20)21)18-14(19)12-6-8-13(9-7-12)24(22,23)17-11-5-2/h2,6-9,17H,4,10-11H2,1,3H3,(H,18,19)(H,20,21). The molecule has 0 spiro atoms. The van der Waals surface area contributed by atoms with E-state index >= 15 is 0 Å². The number of carboxylic acid groups (broad SMARTS) is 1. The second-order valence-corrected chi connectivity index (χ2v) is 7.16. The molecule has 0 heterocycles. The van der Waals surface area contributed by atoms with Gasteiger partial charge in [-0.3, -0.25) is 4.79 Å². The number of terminal acetylenes is 1. The molecule has 3 N–H and O–H groups in total. The molecule has 1 atom stereocenters. The van der Waals surface area contributed by atoms with Crippen LogP contribution in [0, 0.1) is 12.3 Å². The fourth-order valence-electron chi connectivity index (χ4n) is 2.05. The molecule has 7 nitrogen and oxygen atoms in total. The van der Waals surface area contributed by atoms with E-state index in [4.69, 9.17) is 6.42 Å². The summed E-state index contributed by atoms with van der Waals surface area (Å²) in [5.74, 6) is 0.443. The lowest BCUT2D eigenvalue weighted by atomic mass is 9.96. The van der Waals surface area contributed by atoms with Crippen LogP contribution in [0.25, 0.3) is 0 Å². The molecule has 0 fully saturated rings. The number of carbonyl (C=O) groups excluding carboxylic acids is 1. The van der Waals surface area contributed by atoms with Gasteiger partial charge in [-0.15, -0.1) is 6.42 Å². The van der Waals surface area contributed by atoms with Crippen molar-refractivity contribution < 1.29 is 23.1 Å². The SMILES string of the molecule is C#CCNS(=O)(=O)c1ccc(C(=O)NC(C)(CCC)C(=O)O)cc1. The molecule has 1 aromatic carbocycles. The molecule has 1 rings (SSSR count). The molecule has 0 radical (unpaired) electrons. The van der Waals surface area contributed by atoms with Crippen LogP contribution in [0.1, 0.15) is 37.0 Å². The summed E-state index contributed by atoms with van der Waals surface area (Å²) in [5, 5.41) is 11.7. The number of benzene rings is 1. The Balaban J connectivity index is 2.95. The van der Waals surface area contributed by atoms with E-state index in [-0.39, 0.29) is 23.4 Å². The van der Waals surface area contributed by atoms with Gasteiger partial charge in [0.2, 0.25) is 10.0 Å². The van der Waals surface area contributed by atoms with Crippen LogP contribution in [0.3, 0.4) is 0 Å². The highest BCUT2D eigenvalue weighted by atomic mass is 32.2. The summed E-state index contributed by atoms with van der Waals surface area (Å²) in [5.41, 5.74) is -1.22. The fraction of sp³-hybridized carbons (Fsp3) is 0.375. The summed E-state index contributed by atoms with van der Waals surface area (Å²) >= 11 is 0. The lowest BCUT2D eigenvalue weighted by molar-refractivity contribution is -0.144. The Morgan fingerprint density at radius 1 is 1.29 bits per heavy atom. The highest BCUT2D eigenvalue weighted by molar-refractivity contribution is 7.89. The third kappa shape index (κ3) is 4.81. The van der Waals surface area contributed by atoms with Gasteiger partial charge in [0.15, 0.2) is 0 Å². The first kappa shape index (κ1) is 19.7. The molecule has 1 amide bonds. The average Bonchev–Trinajstić information content (AvgIpc) is 2.53. The molecule has 1 unspecified atom stereocenters. The van der Waals surface area contributed by atoms with Crippen molar-refractivity contribution in [1.29, 1.82) is 0 Å². The van der Waals surface area contributed by atoms with Gasteiger partial charge in [-0.05, 0) is 37.6 Å². The van der Waals surface area contributed by atoms with Crippen LogP contribution in [0.15, 0.2) is 29.2 Å². The van der Waals surface area contributed by atoms with Gasteiger partial charge in [0.1, 0.15) is 5.54 Å². The molecule has 0 aromatic heterocycles. The summed E-state index contributed by atoms with van der Waals surface area (Å²) in [6.07, 6.45) is 5.87. The van der Waals surface area contributed by atoms with E-state index in [0.717, 1.165) is 0 Å². The average molecular weight is 352 g/mol. The minimum atomic E-state index is -3.74. The van der Waals surface area contributed by atoms with Crippen molar-refractivity contribution in [3.05, 3.63) is 29.8 Å². The van der Waals surface area contributed by atoms with E-state index in [1.54, 1.807) is 0 Å². The van der Waals surface area contributed by atoms with Crippen molar-refractivity contribution in [2.45, 2.75) is 37.1 Å². The number of sulfonamides is 1. The normalized spacial score (nSPS) is 13.5. The van der Waals surface area contributed by atoms with Crippen LogP contribution in [-0.2, 0) is 14.8 Å². The molecule has 0 saturated heterocycles. The van der Waals surface area contributed by atoms with Crippen molar-refractivity contribution in [2.24, 2.45) is 0 Å². The number of carbonyl (C=O) groups is 2. The Morgan fingerprint density at radius 3 is 2.33 bits per heavy atom. The monoisotopic (exact) mass is 352 g/mol. The third-order valence-corrected chi connectivity index (χ3v) is 4.82. The van der Waals surface area contributed by atoms with Crippen LogP contribution in [0.2, 0.25) is 0 Å². The zero-order chi connectivity index (χ0) is 18.4. The lowest BCUT2D eigenvalue weighted by Crippen LogP contribution is -2.52. The Bertz CT molecular complexity index is 750. The van der Waals surface area contributed by atoms with Crippen molar-refractivity contribution in [2.75, 3.05) is 6.54 Å². The summed E-state index contributed by atoms with van der Waals surface area (Å²) in [4.78, 5) is 23.5. The summed E-state index contributed by atoms with van der Waals surface area (Å²) in [6.45, 7) is 3.11. The number of hydrogen-bond acceptors (Lipinski definition) is 4. The lowest BCUT2D eigenvalue weighted by Gasteiger charge is -2.25. The zero-order valence-electron chi connectivity index (χ0n) is 13.5. The van der Waals surface area contributed by atoms with Crippen molar-refractivity contribution in [3.63, 3.8) is 0 Å². The van der Waals surface area contributed by atoms with Crippen LogP contribution in [0.5, 0.6) is 0 Å². The highest BCUT2D eigenvalue weighted by Crippen LogP contribution is 2.15. The molecule has 0 aliphatic rings. The molecule has 0 bridgehead atoms. The predicted octanol–water partition coefficient (Wildman–Crippen LogP) is 0.971. The van der Waals surface area contributed by atoms with Crippen molar-refractivity contribution in [1.82, 2.24) is 10.0 Å². The largest absolute Gasteiger partial charge is 0.480 e. The molecular weight excluding hydrogens is 332 g/mol. The predicted molar refractivity (Wildman–Crippen MR) is 88.9 cm³/mol. The molecule has 0 aliphatic heterocycles. The topological polar surface area (TPSA) is 113 Å². The second kappa shape index (κ2) is 7.95. The summed E-state index contributed by atoms with van der Waals surface area (Å²) in [7, 11) is -3.74. The van der Waals surface area contributed by atoms with Crippen LogP contribution >= 0.6 is 0 Å². The maximum absolute atomic E-state index is 12.2. The minimum absolute atomic E-state index is 0.0381. The first-order valence-electron chi connectivity index (χ1n) is 7.25. The Kier molecular flexibility index (Phi) is 6.51. The Labute approximate surface area is 141 Å². The number of carboxylic acids is 1. The van der Waals surface area contributed by atoms with E-state index in [1.165, 1.54) is 31.2 Å². The highest BCUT2D eigenvalue weighted by Gasteiger charge is 2.34. The van der Waals surface area contributed by atoms with E-state index in [9.17, 15) is 23.1 Å². The van der Waals surface area contributed by atoms with Gasteiger partial charge in [0.25, 0.3) is 5.91 Å². The minimum Gasteiger partial charge on any atom is -0.480 e. The molecule has 8 heteroatoms. The number of amides is 1. The van der Waals surface area contributed by atoms with Gasteiger partial charge in [0, 0.05) is 5.56 Å². The van der Waals surface area contributed by atoms with E-state index in [1.807, 2.05) is 6.92 Å². The second-order valence-electron chi connectivity index (χ2n) is 5.39. The van der Waals surface area contributed by atoms with Crippen LogP contribution < -0.4 is 10.0 Å². The van der Waals surface area contributed by atoms with E-state index < -0.39 is 27.4 Å². The van der Waals surface area contributed by atoms with E-state index in [0.29, 0.717) is 6.42 Å². The van der Waals surface area contributed by atoms with Crippen LogP contribution in [0.4, 0.5) is 0 Å². The van der Waals surface area contributed by atoms with Gasteiger partial charge in [-0.25, -0.2) is 13.2 Å². The quantitative estimate of drug-likeness (QED) is 0.604. The molecule has 130 valence electrons. The molecule has 24 heavy (non-hydrogen) atoms. The Hall–Kier alpha value is -2.37. The first-order valence-corrected chi connectivity index (χ1v) is 8.73.